The van der Waals surface area contributed by atoms with Gasteiger partial charge in [0.05, 0.1) is 24.1 Å². The molecular weight excluding hydrogens is 413 g/mol. The summed E-state index contributed by atoms with van der Waals surface area (Å²) in [5.74, 6) is -0.696. The Morgan fingerprint density at radius 1 is 1.23 bits per heavy atom. The van der Waals surface area contributed by atoms with Gasteiger partial charge in [-0.15, -0.1) is 0 Å². The van der Waals surface area contributed by atoms with Gasteiger partial charge in [-0.25, -0.2) is 4.39 Å². The Labute approximate surface area is 181 Å². The number of hydrogen-bond acceptors (Lipinski definition) is 4. The van der Waals surface area contributed by atoms with Crippen molar-refractivity contribution < 1.29 is 18.7 Å². The molecule has 0 fully saturated rings. The summed E-state index contributed by atoms with van der Waals surface area (Å²) in [5.41, 5.74) is 5.94. The molecule has 1 aliphatic heterocycles. The third-order valence-electron chi connectivity index (χ3n) is 5.40. The SMILES string of the molecule is CNCc1ccc(-c2[nH]c3cc(F)cc4c3c2CCNC4=O)c(COC[Si](C)(C)O)c1. The lowest BCUT2D eigenvalue weighted by Gasteiger charge is -2.17. The lowest BCUT2D eigenvalue weighted by Crippen LogP contribution is -2.32. The standard InChI is InChI=1S/C23H28FN3O3Si/c1-25-11-14-4-5-17(15(8-14)12-30-13-31(2,3)29)22-18-6-7-26-23(28)19-9-16(24)10-20(27-22)21(18)19/h4-5,8-10,25,27,29H,6-7,11-13H2,1-3H3,(H,26,28). The van der Waals surface area contributed by atoms with E-state index in [0.717, 1.165) is 39.9 Å². The van der Waals surface area contributed by atoms with Crippen molar-refractivity contribution in [1.29, 1.82) is 0 Å². The largest absolute Gasteiger partial charge is 0.430 e. The van der Waals surface area contributed by atoms with Crippen LogP contribution in [0, 0.1) is 5.82 Å². The van der Waals surface area contributed by atoms with Crippen LogP contribution in [0.4, 0.5) is 4.39 Å². The Bertz CT molecular complexity index is 1140. The molecule has 0 aliphatic carbocycles. The molecule has 2 aromatic carbocycles. The van der Waals surface area contributed by atoms with Gasteiger partial charge in [-0.3, -0.25) is 4.79 Å². The number of halogens is 1. The van der Waals surface area contributed by atoms with Crippen LogP contribution >= 0.6 is 0 Å². The van der Waals surface area contributed by atoms with E-state index in [1.807, 2.05) is 26.2 Å². The summed E-state index contributed by atoms with van der Waals surface area (Å²) < 4.78 is 20.1. The smallest absolute Gasteiger partial charge is 0.252 e. The van der Waals surface area contributed by atoms with Gasteiger partial charge in [0, 0.05) is 29.6 Å². The van der Waals surface area contributed by atoms with Gasteiger partial charge in [0.15, 0.2) is 0 Å². The molecule has 0 bridgehead atoms. The maximum Gasteiger partial charge on any atom is 0.252 e. The summed E-state index contributed by atoms with van der Waals surface area (Å²) in [6.07, 6.45) is 0.991. The molecule has 164 valence electrons. The van der Waals surface area contributed by atoms with E-state index in [1.54, 1.807) is 0 Å². The second-order valence-electron chi connectivity index (χ2n) is 8.69. The molecule has 0 saturated carbocycles. The van der Waals surface area contributed by atoms with Crippen molar-refractivity contribution in [1.82, 2.24) is 15.6 Å². The van der Waals surface area contributed by atoms with Crippen LogP contribution < -0.4 is 10.6 Å². The van der Waals surface area contributed by atoms with Gasteiger partial charge in [0.1, 0.15) is 5.82 Å². The molecule has 0 spiro atoms. The summed E-state index contributed by atoms with van der Waals surface area (Å²) in [6, 6.07) is 8.94. The van der Waals surface area contributed by atoms with E-state index in [1.165, 1.54) is 12.1 Å². The molecule has 4 N–H and O–H groups in total. The molecule has 4 rings (SSSR count). The number of ether oxygens (including phenoxy) is 1. The van der Waals surface area contributed by atoms with Crippen LogP contribution in [0.5, 0.6) is 0 Å². The maximum absolute atomic E-state index is 14.2. The quantitative estimate of drug-likeness (QED) is 0.424. The van der Waals surface area contributed by atoms with Crippen LogP contribution in [0.3, 0.4) is 0 Å². The molecular formula is C23H28FN3O3Si. The molecule has 0 atom stereocenters. The van der Waals surface area contributed by atoms with Crippen molar-refractivity contribution in [3.8, 4) is 11.3 Å². The van der Waals surface area contributed by atoms with Crippen molar-refractivity contribution in [2.75, 3.05) is 19.8 Å². The minimum Gasteiger partial charge on any atom is -0.430 e. The van der Waals surface area contributed by atoms with Gasteiger partial charge in [0.2, 0.25) is 8.32 Å². The highest BCUT2D eigenvalue weighted by Gasteiger charge is 2.25. The topological polar surface area (TPSA) is 86.4 Å². The highest BCUT2D eigenvalue weighted by atomic mass is 28.4. The van der Waals surface area contributed by atoms with E-state index in [9.17, 15) is 14.0 Å². The second-order valence-corrected chi connectivity index (χ2v) is 12.6. The van der Waals surface area contributed by atoms with E-state index in [-0.39, 0.29) is 5.91 Å². The lowest BCUT2D eigenvalue weighted by atomic mass is 9.96. The lowest BCUT2D eigenvalue weighted by molar-refractivity contribution is 0.0957. The molecule has 6 nitrogen and oxygen atoms in total. The number of carbonyl (C=O) groups is 1. The summed E-state index contributed by atoms with van der Waals surface area (Å²) in [7, 11) is -0.431. The first kappa shape index (κ1) is 21.7. The Morgan fingerprint density at radius 3 is 2.77 bits per heavy atom. The van der Waals surface area contributed by atoms with Gasteiger partial charge >= 0.3 is 0 Å². The first-order valence-electron chi connectivity index (χ1n) is 10.5. The van der Waals surface area contributed by atoms with Crippen LogP contribution in [0.15, 0.2) is 30.3 Å². The fraction of sp³-hybridized carbons (Fsp3) is 0.348. The summed E-state index contributed by atoms with van der Waals surface area (Å²) in [4.78, 5) is 26.0. The molecule has 0 radical (unpaired) electrons. The highest BCUT2D eigenvalue weighted by molar-refractivity contribution is 6.69. The fourth-order valence-corrected chi connectivity index (χ4v) is 4.76. The predicted molar refractivity (Wildman–Crippen MR) is 122 cm³/mol. The maximum atomic E-state index is 14.2. The minimum atomic E-state index is -2.33. The first-order chi connectivity index (χ1) is 14.8. The van der Waals surface area contributed by atoms with Crippen LogP contribution in [0.25, 0.3) is 22.2 Å². The van der Waals surface area contributed by atoms with E-state index >= 15 is 0 Å². The third kappa shape index (κ3) is 4.57. The fourth-order valence-electron chi connectivity index (χ4n) is 4.16. The van der Waals surface area contributed by atoms with Gasteiger partial charge in [0.25, 0.3) is 5.91 Å². The van der Waals surface area contributed by atoms with E-state index in [0.29, 0.717) is 36.9 Å². The van der Waals surface area contributed by atoms with E-state index in [4.69, 9.17) is 4.74 Å². The van der Waals surface area contributed by atoms with Gasteiger partial charge in [-0.1, -0.05) is 18.2 Å². The molecule has 1 amide bonds. The minimum absolute atomic E-state index is 0.253. The molecule has 31 heavy (non-hydrogen) atoms. The second kappa shape index (κ2) is 8.55. The summed E-state index contributed by atoms with van der Waals surface area (Å²) in [5, 5.41) is 6.80. The number of benzene rings is 2. The molecule has 1 aromatic heterocycles. The zero-order valence-electron chi connectivity index (χ0n) is 18.1. The number of H-pyrrole nitrogens is 1. The summed E-state index contributed by atoms with van der Waals surface area (Å²) in [6.45, 7) is 5.26. The molecule has 8 heteroatoms. The number of amides is 1. The van der Waals surface area contributed by atoms with Crippen molar-refractivity contribution in [2.45, 2.75) is 32.7 Å². The summed E-state index contributed by atoms with van der Waals surface area (Å²) >= 11 is 0. The van der Waals surface area contributed by atoms with Gasteiger partial charge in [-0.2, -0.15) is 0 Å². The highest BCUT2D eigenvalue weighted by Crippen LogP contribution is 2.36. The van der Waals surface area contributed by atoms with E-state index in [2.05, 4.69) is 27.8 Å². The molecule has 3 aromatic rings. The normalized spacial score (nSPS) is 14.0. The average molecular weight is 442 g/mol. The Balaban J connectivity index is 1.84. The Morgan fingerprint density at radius 2 is 2.03 bits per heavy atom. The van der Waals surface area contributed by atoms with Crippen molar-refractivity contribution in [3.05, 3.63) is 58.4 Å². The Hall–Kier alpha value is -2.52. The van der Waals surface area contributed by atoms with Crippen molar-refractivity contribution in [3.63, 3.8) is 0 Å². The van der Waals surface area contributed by atoms with Crippen LogP contribution in [0.2, 0.25) is 13.1 Å². The number of nitrogens with one attached hydrogen (secondary N) is 3. The third-order valence-corrected chi connectivity index (χ3v) is 6.31. The molecule has 2 heterocycles. The molecule has 0 saturated heterocycles. The Kier molecular flexibility index (Phi) is 5.98. The van der Waals surface area contributed by atoms with Gasteiger partial charge < -0.3 is 25.2 Å². The zero-order chi connectivity index (χ0) is 22.2. The van der Waals surface area contributed by atoms with Crippen molar-refractivity contribution in [2.24, 2.45) is 0 Å². The number of rotatable bonds is 7. The van der Waals surface area contributed by atoms with Crippen LogP contribution in [0.1, 0.15) is 27.0 Å². The van der Waals surface area contributed by atoms with Gasteiger partial charge in [-0.05, 0) is 55.4 Å². The van der Waals surface area contributed by atoms with Crippen LogP contribution in [-0.4, -0.2) is 43.8 Å². The first-order valence-corrected chi connectivity index (χ1v) is 13.6. The number of carbonyl (C=O) groups excluding carboxylic acids is 1. The predicted octanol–water partition coefficient (Wildman–Crippen LogP) is 3.23. The molecule has 0 unspecified atom stereocenters. The molecule has 1 aliphatic rings. The number of aromatic nitrogens is 1. The number of hydrogen-bond donors (Lipinski definition) is 4. The van der Waals surface area contributed by atoms with Crippen LogP contribution in [-0.2, 0) is 24.3 Å². The van der Waals surface area contributed by atoms with Crippen molar-refractivity contribution >= 4 is 25.1 Å². The number of aromatic amines is 1. The van der Waals surface area contributed by atoms with E-state index < -0.39 is 14.1 Å². The monoisotopic (exact) mass is 441 g/mol. The average Bonchev–Trinajstić information content (AvgIpc) is 2.95. The zero-order valence-corrected chi connectivity index (χ0v) is 19.1.